The second-order valence-corrected chi connectivity index (χ2v) is 8.23. The normalized spacial score (nSPS) is 28.6. The van der Waals surface area contributed by atoms with Crippen molar-refractivity contribution in [2.45, 2.75) is 56.4 Å². The molecule has 4 rings (SSSR count). The van der Waals surface area contributed by atoms with Crippen molar-refractivity contribution in [3.8, 4) is 6.07 Å². The molecule has 1 aromatic carbocycles. The van der Waals surface area contributed by atoms with Gasteiger partial charge in [0.15, 0.2) is 0 Å². The zero-order valence-electron chi connectivity index (χ0n) is 16.5. The van der Waals surface area contributed by atoms with Gasteiger partial charge in [-0.25, -0.2) is 4.39 Å². The maximum absolute atomic E-state index is 14.2. The van der Waals surface area contributed by atoms with Gasteiger partial charge in [0.2, 0.25) is 11.8 Å². The van der Waals surface area contributed by atoms with Gasteiger partial charge >= 0.3 is 0 Å². The van der Waals surface area contributed by atoms with Crippen molar-refractivity contribution in [1.82, 2.24) is 14.7 Å². The van der Waals surface area contributed by atoms with Crippen LogP contribution < -0.4 is 5.73 Å². The first-order chi connectivity index (χ1) is 13.9. The van der Waals surface area contributed by atoms with E-state index in [1.165, 1.54) is 6.07 Å². The van der Waals surface area contributed by atoms with Gasteiger partial charge in [-0.15, -0.1) is 0 Å². The summed E-state index contributed by atoms with van der Waals surface area (Å²) in [7, 11) is 0. The topological polar surface area (TPSA) is 93.7 Å². The van der Waals surface area contributed by atoms with Gasteiger partial charge in [0.05, 0.1) is 24.2 Å². The first kappa shape index (κ1) is 19.8. The predicted octanol–water partition coefficient (Wildman–Crippen LogP) is 1.01. The van der Waals surface area contributed by atoms with Crippen molar-refractivity contribution in [2.75, 3.05) is 19.6 Å². The van der Waals surface area contributed by atoms with Crippen LogP contribution in [0.15, 0.2) is 24.3 Å². The van der Waals surface area contributed by atoms with Crippen LogP contribution in [0.25, 0.3) is 0 Å². The molecule has 7 nitrogen and oxygen atoms in total. The molecule has 0 unspecified atom stereocenters. The van der Waals surface area contributed by atoms with E-state index < -0.39 is 12.1 Å². The standard InChI is InChI=1S/C21H26FN5O2/c1-13(16-6-2-3-7-17(16)22)27-15-9-19(21(27)29)25(11-15)12-18(24)20(28)26-8-4-5-14(26)10-23/h2-3,6-7,13-15,18-19H,4-5,8-9,11-12,24H2,1H3/t13-,14+,15+,18+,19+/m1/s1. The number of likely N-dealkylation sites (tertiary alicyclic amines) is 3. The molecule has 2 N–H and O–H groups in total. The van der Waals surface area contributed by atoms with Crippen molar-refractivity contribution in [1.29, 1.82) is 5.26 Å². The molecule has 0 aromatic heterocycles. The van der Waals surface area contributed by atoms with E-state index in [9.17, 15) is 19.2 Å². The molecule has 2 bridgehead atoms. The van der Waals surface area contributed by atoms with Crippen LogP contribution in [-0.2, 0) is 9.59 Å². The average Bonchev–Trinajstić information content (AvgIpc) is 3.41. The fourth-order valence-corrected chi connectivity index (χ4v) is 5.07. The molecule has 1 aromatic rings. The van der Waals surface area contributed by atoms with Gasteiger partial charge in [-0.3, -0.25) is 14.5 Å². The van der Waals surface area contributed by atoms with E-state index in [-0.39, 0.29) is 35.8 Å². The molecule has 0 radical (unpaired) electrons. The lowest BCUT2D eigenvalue weighted by molar-refractivity contribution is -0.141. The Morgan fingerprint density at radius 3 is 2.86 bits per heavy atom. The molecular weight excluding hydrogens is 373 g/mol. The van der Waals surface area contributed by atoms with E-state index in [1.54, 1.807) is 28.0 Å². The fraction of sp³-hybridized carbons (Fsp3) is 0.571. The number of fused-ring (bicyclic) bond motifs is 2. The number of nitriles is 1. The Bertz CT molecular complexity index is 856. The number of hydrogen-bond acceptors (Lipinski definition) is 5. The van der Waals surface area contributed by atoms with Gasteiger partial charge in [0, 0.05) is 31.2 Å². The van der Waals surface area contributed by atoms with Crippen LogP contribution in [0.2, 0.25) is 0 Å². The number of nitrogens with zero attached hydrogens (tertiary/aromatic N) is 4. The second kappa shape index (κ2) is 7.73. The summed E-state index contributed by atoms with van der Waals surface area (Å²) in [5.74, 6) is -0.564. The number of rotatable bonds is 5. The van der Waals surface area contributed by atoms with Gasteiger partial charge in [0.1, 0.15) is 11.9 Å². The Labute approximate surface area is 169 Å². The summed E-state index contributed by atoms with van der Waals surface area (Å²) in [4.78, 5) is 31.0. The van der Waals surface area contributed by atoms with Crippen LogP contribution in [0.4, 0.5) is 4.39 Å². The van der Waals surface area contributed by atoms with Crippen LogP contribution in [0.1, 0.15) is 37.8 Å². The third kappa shape index (κ3) is 3.38. The van der Waals surface area contributed by atoms with E-state index in [0.717, 1.165) is 6.42 Å². The Morgan fingerprint density at radius 2 is 2.17 bits per heavy atom. The lowest BCUT2D eigenvalue weighted by Gasteiger charge is -2.38. The largest absolute Gasteiger partial charge is 0.330 e. The molecule has 0 saturated carbocycles. The molecule has 3 aliphatic heterocycles. The first-order valence-electron chi connectivity index (χ1n) is 10.2. The zero-order chi connectivity index (χ0) is 20.7. The Kier molecular flexibility index (Phi) is 5.28. The monoisotopic (exact) mass is 399 g/mol. The number of benzene rings is 1. The fourth-order valence-electron chi connectivity index (χ4n) is 5.07. The van der Waals surface area contributed by atoms with Gasteiger partial charge in [0.25, 0.3) is 0 Å². The number of hydrogen-bond donors (Lipinski definition) is 1. The molecule has 3 saturated heterocycles. The summed E-state index contributed by atoms with van der Waals surface area (Å²) in [6, 6.07) is 6.88. The highest BCUT2D eigenvalue weighted by Crippen LogP contribution is 2.38. The molecular formula is C21H26FN5O2. The van der Waals surface area contributed by atoms with Crippen molar-refractivity contribution in [3.63, 3.8) is 0 Å². The Balaban J connectivity index is 1.40. The molecule has 5 atom stereocenters. The van der Waals surface area contributed by atoms with Gasteiger partial charge < -0.3 is 15.5 Å². The number of carbonyl (C=O) groups is 2. The van der Waals surface area contributed by atoms with Crippen molar-refractivity contribution < 1.29 is 14.0 Å². The molecule has 154 valence electrons. The van der Waals surface area contributed by atoms with Crippen molar-refractivity contribution >= 4 is 11.8 Å². The van der Waals surface area contributed by atoms with E-state index in [2.05, 4.69) is 6.07 Å². The molecule has 3 fully saturated rings. The Hall–Kier alpha value is -2.50. The third-order valence-corrected chi connectivity index (χ3v) is 6.52. The highest BCUT2D eigenvalue weighted by atomic mass is 19.1. The average molecular weight is 399 g/mol. The van der Waals surface area contributed by atoms with E-state index in [0.29, 0.717) is 38.0 Å². The lowest BCUT2D eigenvalue weighted by atomic mass is 10.0. The second-order valence-electron chi connectivity index (χ2n) is 8.23. The van der Waals surface area contributed by atoms with Crippen LogP contribution >= 0.6 is 0 Å². The minimum Gasteiger partial charge on any atom is -0.330 e. The van der Waals surface area contributed by atoms with Crippen LogP contribution in [0.3, 0.4) is 0 Å². The zero-order valence-corrected chi connectivity index (χ0v) is 16.5. The molecule has 0 spiro atoms. The number of carbonyl (C=O) groups excluding carboxylic acids is 2. The first-order valence-corrected chi connectivity index (χ1v) is 10.2. The molecule has 8 heteroatoms. The minimum atomic E-state index is -0.756. The van der Waals surface area contributed by atoms with E-state index in [1.807, 2.05) is 11.8 Å². The van der Waals surface area contributed by atoms with Crippen LogP contribution in [0, 0.1) is 17.1 Å². The molecule has 3 heterocycles. The number of amides is 2. The summed E-state index contributed by atoms with van der Waals surface area (Å²) >= 11 is 0. The summed E-state index contributed by atoms with van der Waals surface area (Å²) in [6.07, 6.45) is 2.17. The molecule has 29 heavy (non-hydrogen) atoms. The molecule has 0 aliphatic carbocycles. The minimum absolute atomic E-state index is 0.0111. The van der Waals surface area contributed by atoms with E-state index >= 15 is 0 Å². The highest BCUT2D eigenvalue weighted by molar-refractivity contribution is 5.87. The summed E-state index contributed by atoms with van der Waals surface area (Å²) in [6.45, 7) is 3.33. The molecule has 3 aliphatic rings. The summed E-state index contributed by atoms with van der Waals surface area (Å²) in [5.41, 5.74) is 6.68. The number of piperazine rings is 1. The van der Waals surface area contributed by atoms with Crippen molar-refractivity contribution in [3.05, 3.63) is 35.6 Å². The number of halogens is 1. The quantitative estimate of drug-likeness (QED) is 0.798. The number of nitrogens with two attached hydrogens (primary N) is 1. The third-order valence-electron chi connectivity index (χ3n) is 6.52. The molecule has 2 amide bonds. The van der Waals surface area contributed by atoms with Gasteiger partial charge in [-0.2, -0.15) is 5.26 Å². The van der Waals surface area contributed by atoms with E-state index in [4.69, 9.17) is 5.73 Å². The lowest BCUT2D eigenvalue weighted by Crippen LogP contribution is -2.56. The van der Waals surface area contributed by atoms with Gasteiger partial charge in [-0.05, 0) is 32.3 Å². The highest BCUT2D eigenvalue weighted by Gasteiger charge is 2.51. The maximum Gasteiger partial charge on any atom is 0.241 e. The van der Waals surface area contributed by atoms with Crippen LogP contribution in [0.5, 0.6) is 0 Å². The SMILES string of the molecule is C[C@H](c1ccccc1F)N1C(=O)[C@@H]2C[C@H]1CN2C[C@H](N)C(=O)N1CCC[C@H]1C#N. The van der Waals surface area contributed by atoms with Crippen LogP contribution in [-0.4, -0.2) is 70.3 Å². The summed E-state index contributed by atoms with van der Waals surface area (Å²) < 4.78 is 14.2. The predicted molar refractivity (Wildman–Crippen MR) is 104 cm³/mol. The smallest absolute Gasteiger partial charge is 0.241 e. The van der Waals surface area contributed by atoms with Gasteiger partial charge in [-0.1, -0.05) is 18.2 Å². The maximum atomic E-state index is 14.2. The summed E-state index contributed by atoms with van der Waals surface area (Å²) in [5, 5.41) is 9.19. The van der Waals surface area contributed by atoms with Crippen molar-refractivity contribution in [2.24, 2.45) is 5.73 Å². The Morgan fingerprint density at radius 1 is 1.41 bits per heavy atom.